The summed E-state index contributed by atoms with van der Waals surface area (Å²) < 4.78 is 0. The Bertz CT molecular complexity index is 511. The lowest BCUT2D eigenvalue weighted by molar-refractivity contribution is 0.102. The molecule has 96 valence electrons. The first-order valence-corrected chi connectivity index (χ1v) is 6.55. The molecule has 1 aromatic heterocycles. The van der Waals surface area contributed by atoms with Crippen LogP contribution in [-0.4, -0.2) is 48.1 Å². The van der Waals surface area contributed by atoms with Crippen LogP contribution in [0.4, 0.5) is 0 Å². The normalized spacial score (nSPS) is 18.5. The molecule has 1 fully saturated rings. The van der Waals surface area contributed by atoms with Crippen molar-refractivity contribution in [1.82, 2.24) is 20.3 Å². The molecule has 1 saturated heterocycles. The lowest BCUT2D eigenvalue weighted by Crippen LogP contribution is -2.50. The number of aromatic nitrogens is 1. The smallest absolute Gasteiger partial charge is 0.0500 e. The first-order valence-electron chi connectivity index (χ1n) is 6.55. The van der Waals surface area contributed by atoms with Gasteiger partial charge >= 0.3 is 0 Å². The highest BCUT2D eigenvalue weighted by atomic mass is 15.5. The molecule has 0 atom stereocenters. The number of H-pyrrole nitrogens is 1. The maximum atomic E-state index is 3.53. The van der Waals surface area contributed by atoms with E-state index in [1.54, 1.807) is 0 Å². The van der Waals surface area contributed by atoms with Gasteiger partial charge in [0.25, 0.3) is 0 Å². The van der Waals surface area contributed by atoms with E-state index in [-0.39, 0.29) is 0 Å². The maximum Gasteiger partial charge on any atom is 0.0500 e. The van der Waals surface area contributed by atoms with Crippen molar-refractivity contribution in [3.05, 3.63) is 36.0 Å². The summed E-state index contributed by atoms with van der Waals surface area (Å²) in [5.74, 6) is 0. The van der Waals surface area contributed by atoms with Crippen LogP contribution < -0.4 is 5.43 Å². The molecule has 0 amide bonds. The third-order valence-corrected chi connectivity index (χ3v) is 3.67. The van der Waals surface area contributed by atoms with Gasteiger partial charge in [0.05, 0.1) is 0 Å². The number of piperazine rings is 1. The SMILES string of the molecule is CN1CCN(NCc2cccc3cc[nH]c23)CC1. The summed E-state index contributed by atoms with van der Waals surface area (Å²) in [5, 5.41) is 3.61. The molecule has 0 unspecified atom stereocenters. The molecule has 4 heteroatoms. The van der Waals surface area contributed by atoms with Crippen LogP contribution in [0, 0.1) is 0 Å². The number of hydrogen-bond acceptors (Lipinski definition) is 3. The van der Waals surface area contributed by atoms with Crippen LogP contribution >= 0.6 is 0 Å². The fraction of sp³-hybridized carbons (Fsp3) is 0.429. The molecule has 0 radical (unpaired) electrons. The van der Waals surface area contributed by atoms with Crippen molar-refractivity contribution in [1.29, 1.82) is 0 Å². The van der Waals surface area contributed by atoms with E-state index in [1.165, 1.54) is 16.5 Å². The van der Waals surface area contributed by atoms with Crippen molar-refractivity contribution >= 4 is 10.9 Å². The topological polar surface area (TPSA) is 34.3 Å². The summed E-state index contributed by atoms with van der Waals surface area (Å²) in [6.07, 6.45) is 2.00. The third kappa shape index (κ3) is 2.41. The first-order chi connectivity index (χ1) is 8.83. The molecule has 2 aromatic rings. The number of benzene rings is 1. The first kappa shape index (κ1) is 11.7. The number of rotatable bonds is 3. The minimum Gasteiger partial charge on any atom is -0.361 e. The van der Waals surface area contributed by atoms with Gasteiger partial charge in [-0.15, -0.1) is 0 Å². The monoisotopic (exact) mass is 244 g/mol. The van der Waals surface area contributed by atoms with Gasteiger partial charge in [0.2, 0.25) is 0 Å². The Morgan fingerprint density at radius 3 is 2.83 bits per heavy atom. The molecule has 18 heavy (non-hydrogen) atoms. The highest BCUT2D eigenvalue weighted by Crippen LogP contribution is 2.16. The van der Waals surface area contributed by atoms with Gasteiger partial charge in [-0.05, 0) is 24.1 Å². The van der Waals surface area contributed by atoms with E-state index in [9.17, 15) is 0 Å². The Balaban J connectivity index is 1.64. The molecule has 0 spiro atoms. The van der Waals surface area contributed by atoms with E-state index in [4.69, 9.17) is 0 Å². The maximum absolute atomic E-state index is 3.53. The molecule has 0 aliphatic carbocycles. The summed E-state index contributed by atoms with van der Waals surface area (Å²) in [7, 11) is 2.18. The number of nitrogens with one attached hydrogen (secondary N) is 2. The van der Waals surface area contributed by atoms with Crippen LogP contribution in [-0.2, 0) is 6.54 Å². The highest BCUT2D eigenvalue weighted by Gasteiger charge is 2.13. The van der Waals surface area contributed by atoms with Crippen LogP contribution in [0.3, 0.4) is 0 Å². The van der Waals surface area contributed by atoms with E-state index in [1.807, 2.05) is 6.20 Å². The van der Waals surface area contributed by atoms with Gasteiger partial charge < -0.3 is 9.88 Å². The molecular formula is C14H20N4. The largest absolute Gasteiger partial charge is 0.361 e. The quantitative estimate of drug-likeness (QED) is 0.857. The second-order valence-electron chi connectivity index (χ2n) is 4.98. The van der Waals surface area contributed by atoms with E-state index in [2.05, 4.69) is 51.6 Å². The number of hydrogen-bond donors (Lipinski definition) is 2. The lowest BCUT2D eigenvalue weighted by Gasteiger charge is -2.32. The number of fused-ring (bicyclic) bond motifs is 1. The summed E-state index contributed by atoms with van der Waals surface area (Å²) in [4.78, 5) is 5.68. The van der Waals surface area contributed by atoms with Gasteiger partial charge in [-0.1, -0.05) is 18.2 Å². The van der Waals surface area contributed by atoms with Gasteiger partial charge in [0, 0.05) is 44.4 Å². The fourth-order valence-electron chi connectivity index (χ4n) is 2.46. The number of likely N-dealkylation sites (N-methyl/N-ethyl adjacent to an activating group) is 1. The van der Waals surface area contributed by atoms with Gasteiger partial charge in [0.15, 0.2) is 0 Å². The van der Waals surface area contributed by atoms with Crippen molar-refractivity contribution in [2.45, 2.75) is 6.54 Å². The third-order valence-electron chi connectivity index (χ3n) is 3.67. The van der Waals surface area contributed by atoms with Crippen molar-refractivity contribution in [3.8, 4) is 0 Å². The minimum atomic E-state index is 0.890. The Kier molecular flexibility index (Phi) is 3.32. The average Bonchev–Trinajstić information content (AvgIpc) is 2.87. The van der Waals surface area contributed by atoms with Crippen LogP contribution in [0.5, 0.6) is 0 Å². The van der Waals surface area contributed by atoms with Gasteiger partial charge in [0.1, 0.15) is 0 Å². The molecule has 0 saturated carbocycles. The zero-order valence-corrected chi connectivity index (χ0v) is 10.8. The van der Waals surface area contributed by atoms with Crippen molar-refractivity contribution < 1.29 is 0 Å². The van der Waals surface area contributed by atoms with Crippen LogP contribution in [0.1, 0.15) is 5.56 Å². The zero-order valence-electron chi connectivity index (χ0n) is 10.8. The predicted octanol–water partition coefficient (Wildman–Crippen LogP) is 1.42. The second kappa shape index (κ2) is 5.10. The van der Waals surface area contributed by atoms with Crippen molar-refractivity contribution in [2.24, 2.45) is 0 Å². The van der Waals surface area contributed by atoms with Crippen molar-refractivity contribution in [3.63, 3.8) is 0 Å². The molecule has 1 aliphatic rings. The van der Waals surface area contributed by atoms with E-state index < -0.39 is 0 Å². The summed E-state index contributed by atoms with van der Waals surface area (Å²) >= 11 is 0. The molecule has 1 aliphatic heterocycles. The highest BCUT2D eigenvalue weighted by molar-refractivity contribution is 5.82. The van der Waals surface area contributed by atoms with E-state index in [0.29, 0.717) is 0 Å². The van der Waals surface area contributed by atoms with Crippen LogP contribution in [0.15, 0.2) is 30.5 Å². The Labute approximate surface area is 108 Å². The van der Waals surface area contributed by atoms with Gasteiger partial charge in [-0.3, -0.25) is 5.43 Å². The fourth-order valence-corrected chi connectivity index (χ4v) is 2.46. The lowest BCUT2D eigenvalue weighted by atomic mass is 10.1. The molecule has 2 heterocycles. The number of nitrogens with zero attached hydrogens (tertiary/aromatic N) is 2. The van der Waals surface area contributed by atoms with Crippen molar-refractivity contribution in [2.75, 3.05) is 33.2 Å². The summed E-state index contributed by atoms with van der Waals surface area (Å²) in [5.41, 5.74) is 6.11. The molecule has 3 rings (SSSR count). The Hall–Kier alpha value is -1.36. The van der Waals surface area contributed by atoms with Crippen LogP contribution in [0.25, 0.3) is 10.9 Å². The van der Waals surface area contributed by atoms with Gasteiger partial charge in [-0.25, -0.2) is 5.01 Å². The Morgan fingerprint density at radius 1 is 1.17 bits per heavy atom. The van der Waals surface area contributed by atoms with Crippen LogP contribution in [0.2, 0.25) is 0 Å². The summed E-state index contributed by atoms with van der Waals surface area (Å²) in [6, 6.07) is 8.57. The number of aromatic amines is 1. The average molecular weight is 244 g/mol. The second-order valence-corrected chi connectivity index (χ2v) is 4.98. The predicted molar refractivity (Wildman–Crippen MR) is 74.2 cm³/mol. The van der Waals surface area contributed by atoms with E-state index >= 15 is 0 Å². The summed E-state index contributed by atoms with van der Waals surface area (Å²) in [6.45, 7) is 5.36. The molecule has 1 aromatic carbocycles. The van der Waals surface area contributed by atoms with Gasteiger partial charge in [-0.2, -0.15) is 0 Å². The van der Waals surface area contributed by atoms with E-state index in [0.717, 1.165) is 32.7 Å². The Morgan fingerprint density at radius 2 is 2.00 bits per heavy atom. The minimum absolute atomic E-state index is 0.890. The molecule has 4 nitrogen and oxygen atoms in total. The molecular weight excluding hydrogens is 224 g/mol. The molecule has 0 bridgehead atoms. The molecule has 2 N–H and O–H groups in total. The zero-order chi connectivity index (χ0) is 12.4. The number of hydrazine groups is 1. The standard InChI is InChI=1S/C14H20N4/c1-17-7-9-18(10-8-17)16-11-13-4-2-3-12-5-6-15-14(12)13/h2-6,15-16H,7-11H2,1H3. The number of para-hydroxylation sites is 1.